The number of likely N-dealkylation sites (tertiary alicyclic amines) is 1. The first kappa shape index (κ1) is 15.8. The van der Waals surface area contributed by atoms with Gasteiger partial charge >= 0.3 is 0 Å². The van der Waals surface area contributed by atoms with Crippen LogP contribution in [0.2, 0.25) is 0 Å². The summed E-state index contributed by atoms with van der Waals surface area (Å²) in [4.78, 5) is 29.3. The molecule has 0 aromatic carbocycles. The quantitative estimate of drug-likeness (QED) is 0.838. The van der Waals surface area contributed by atoms with Crippen molar-refractivity contribution in [3.8, 4) is 0 Å². The molecule has 0 radical (unpaired) electrons. The lowest BCUT2D eigenvalue weighted by Gasteiger charge is -2.39. The molecule has 0 bridgehead atoms. The van der Waals surface area contributed by atoms with Crippen molar-refractivity contribution in [1.29, 1.82) is 0 Å². The third-order valence-electron chi connectivity index (χ3n) is 4.57. The third kappa shape index (κ3) is 2.75. The number of aromatic nitrogens is 1. The van der Waals surface area contributed by atoms with Crippen molar-refractivity contribution in [1.82, 2.24) is 9.88 Å². The highest BCUT2D eigenvalue weighted by atomic mass is 16.3. The van der Waals surface area contributed by atoms with Crippen LogP contribution in [0, 0.1) is 19.8 Å². The zero-order valence-electron chi connectivity index (χ0n) is 13.2. The minimum atomic E-state index is -0.143. The number of carbonyl (C=O) groups is 2. The van der Waals surface area contributed by atoms with Gasteiger partial charge in [0.15, 0.2) is 5.78 Å². The van der Waals surface area contributed by atoms with Gasteiger partial charge in [0.05, 0.1) is 12.6 Å². The molecule has 1 fully saturated rings. The summed E-state index contributed by atoms with van der Waals surface area (Å²) >= 11 is 0. The van der Waals surface area contributed by atoms with Crippen molar-refractivity contribution in [3.05, 3.63) is 22.5 Å². The fourth-order valence-corrected chi connectivity index (χ4v) is 3.42. The van der Waals surface area contributed by atoms with E-state index in [1.807, 2.05) is 6.92 Å². The lowest BCUT2D eigenvalue weighted by atomic mass is 9.91. The molecular formula is C16H24N2O3. The third-order valence-corrected chi connectivity index (χ3v) is 4.57. The van der Waals surface area contributed by atoms with Crippen LogP contribution >= 0.6 is 0 Å². The average molecular weight is 292 g/mol. The molecule has 2 unspecified atom stereocenters. The number of nitrogens with one attached hydrogen (secondary N) is 1. The molecule has 1 aromatic rings. The predicted octanol–water partition coefficient (Wildman–Crippen LogP) is 2.07. The van der Waals surface area contributed by atoms with E-state index in [2.05, 4.69) is 11.9 Å². The summed E-state index contributed by atoms with van der Waals surface area (Å²) in [5.74, 6) is 0.135. The van der Waals surface area contributed by atoms with E-state index in [-0.39, 0.29) is 30.3 Å². The summed E-state index contributed by atoms with van der Waals surface area (Å²) in [7, 11) is 0. The van der Waals surface area contributed by atoms with Crippen LogP contribution in [0.1, 0.15) is 58.8 Å². The molecule has 21 heavy (non-hydrogen) atoms. The van der Waals surface area contributed by atoms with Crippen LogP contribution in [-0.4, -0.2) is 45.9 Å². The first-order valence-electron chi connectivity index (χ1n) is 7.50. The van der Waals surface area contributed by atoms with E-state index in [1.54, 1.807) is 11.8 Å². The van der Waals surface area contributed by atoms with Gasteiger partial charge in [-0.15, -0.1) is 0 Å². The van der Waals surface area contributed by atoms with Crippen LogP contribution in [-0.2, 0) is 0 Å². The van der Waals surface area contributed by atoms with E-state index in [4.69, 9.17) is 0 Å². The molecule has 1 aliphatic heterocycles. The highest BCUT2D eigenvalue weighted by molar-refractivity contribution is 6.02. The monoisotopic (exact) mass is 292 g/mol. The van der Waals surface area contributed by atoms with Crippen molar-refractivity contribution < 1.29 is 14.7 Å². The van der Waals surface area contributed by atoms with Gasteiger partial charge in [0.25, 0.3) is 5.91 Å². The molecule has 2 rings (SSSR count). The molecule has 5 heteroatoms. The molecule has 0 spiro atoms. The minimum Gasteiger partial charge on any atom is -0.394 e. The van der Waals surface area contributed by atoms with Crippen molar-refractivity contribution in [2.45, 2.75) is 46.6 Å². The normalized spacial score (nSPS) is 22.4. The lowest BCUT2D eigenvalue weighted by molar-refractivity contribution is 0.0353. The fourth-order valence-electron chi connectivity index (χ4n) is 3.42. The van der Waals surface area contributed by atoms with Gasteiger partial charge in [0, 0.05) is 17.8 Å². The zero-order chi connectivity index (χ0) is 15.7. The van der Waals surface area contributed by atoms with Crippen LogP contribution in [0.25, 0.3) is 0 Å². The number of rotatable bonds is 3. The molecule has 5 nitrogen and oxygen atoms in total. The molecule has 0 saturated carbocycles. The van der Waals surface area contributed by atoms with Crippen LogP contribution in [0.4, 0.5) is 0 Å². The number of aromatic amines is 1. The molecular weight excluding hydrogens is 268 g/mol. The number of amides is 1. The number of piperidine rings is 1. The number of carbonyl (C=O) groups excluding carboxylic acids is 2. The Bertz CT molecular complexity index is 562. The SMILES string of the molecule is CC(=O)c1c(C)[nH]c(C(=O)N2CCCC(C)C2CO)c1C. The Kier molecular flexibility index (Phi) is 4.52. The second-order valence-electron chi connectivity index (χ2n) is 6.05. The Morgan fingerprint density at radius 2 is 2.05 bits per heavy atom. The number of H-pyrrole nitrogens is 1. The molecule has 1 saturated heterocycles. The van der Waals surface area contributed by atoms with Gasteiger partial charge in [-0.1, -0.05) is 6.92 Å². The standard InChI is InChI=1S/C16H24N2O3/c1-9-6-5-7-18(13(9)8-19)16(21)15-10(2)14(12(4)20)11(3)17-15/h9,13,17,19H,5-8H2,1-4H3. The van der Waals surface area contributed by atoms with Crippen molar-refractivity contribution in [2.75, 3.05) is 13.2 Å². The van der Waals surface area contributed by atoms with E-state index in [9.17, 15) is 14.7 Å². The molecule has 1 amide bonds. The van der Waals surface area contributed by atoms with E-state index in [0.717, 1.165) is 18.5 Å². The van der Waals surface area contributed by atoms with Crippen molar-refractivity contribution in [2.24, 2.45) is 5.92 Å². The summed E-state index contributed by atoms with van der Waals surface area (Å²) in [6.45, 7) is 7.81. The summed E-state index contributed by atoms with van der Waals surface area (Å²) in [6, 6.07) is -0.143. The number of aliphatic hydroxyl groups excluding tert-OH is 1. The van der Waals surface area contributed by atoms with Gasteiger partial charge in [-0.25, -0.2) is 0 Å². The molecule has 0 aliphatic carbocycles. The number of ketones is 1. The summed E-state index contributed by atoms with van der Waals surface area (Å²) < 4.78 is 0. The molecule has 1 aliphatic rings. The number of hydrogen-bond acceptors (Lipinski definition) is 3. The Balaban J connectivity index is 2.36. The van der Waals surface area contributed by atoms with Crippen LogP contribution < -0.4 is 0 Å². The first-order valence-corrected chi connectivity index (χ1v) is 7.50. The Labute approximate surface area is 125 Å². The van der Waals surface area contributed by atoms with E-state index < -0.39 is 0 Å². The average Bonchev–Trinajstić information content (AvgIpc) is 2.72. The van der Waals surface area contributed by atoms with Gasteiger partial charge in [0.1, 0.15) is 5.69 Å². The Morgan fingerprint density at radius 3 is 2.57 bits per heavy atom. The Hall–Kier alpha value is -1.62. The maximum atomic E-state index is 12.8. The van der Waals surface area contributed by atoms with Crippen molar-refractivity contribution in [3.63, 3.8) is 0 Å². The Morgan fingerprint density at radius 1 is 1.38 bits per heavy atom. The predicted molar refractivity (Wildman–Crippen MR) is 80.6 cm³/mol. The number of hydrogen-bond donors (Lipinski definition) is 2. The number of aryl methyl sites for hydroxylation is 1. The van der Waals surface area contributed by atoms with Crippen LogP contribution in [0.5, 0.6) is 0 Å². The van der Waals surface area contributed by atoms with Gasteiger partial charge in [-0.2, -0.15) is 0 Å². The maximum absolute atomic E-state index is 12.8. The molecule has 1 aromatic heterocycles. The van der Waals surface area contributed by atoms with Gasteiger partial charge in [-0.05, 0) is 45.1 Å². The molecule has 2 heterocycles. The van der Waals surface area contributed by atoms with Gasteiger partial charge in [0.2, 0.25) is 0 Å². The first-order chi connectivity index (χ1) is 9.88. The smallest absolute Gasteiger partial charge is 0.270 e. The molecule has 116 valence electrons. The summed E-state index contributed by atoms with van der Waals surface area (Å²) in [5, 5.41) is 9.59. The second kappa shape index (κ2) is 6.02. The highest BCUT2D eigenvalue weighted by Gasteiger charge is 2.33. The molecule has 2 N–H and O–H groups in total. The van der Waals surface area contributed by atoms with Gasteiger partial charge in [-0.3, -0.25) is 9.59 Å². The fraction of sp³-hybridized carbons (Fsp3) is 0.625. The maximum Gasteiger partial charge on any atom is 0.270 e. The highest BCUT2D eigenvalue weighted by Crippen LogP contribution is 2.27. The number of nitrogens with zero attached hydrogens (tertiary/aromatic N) is 1. The number of aliphatic hydroxyl groups is 1. The number of Topliss-reactive ketones (excluding diaryl/α,β-unsaturated/α-hetero) is 1. The second-order valence-corrected chi connectivity index (χ2v) is 6.05. The van der Waals surface area contributed by atoms with E-state index in [0.29, 0.717) is 23.4 Å². The van der Waals surface area contributed by atoms with E-state index >= 15 is 0 Å². The zero-order valence-corrected chi connectivity index (χ0v) is 13.2. The minimum absolute atomic E-state index is 0.0226. The largest absolute Gasteiger partial charge is 0.394 e. The van der Waals surface area contributed by atoms with Crippen LogP contribution in [0.3, 0.4) is 0 Å². The van der Waals surface area contributed by atoms with Crippen LogP contribution in [0.15, 0.2) is 0 Å². The summed E-state index contributed by atoms with van der Waals surface area (Å²) in [6.07, 6.45) is 1.97. The topological polar surface area (TPSA) is 73.4 Å². The van der Waals surface area contributed by atoms with Crippen molar-refractivity contribution >= 4 is 11.7 Å². The summed E-state index contributed by atoms with van der Waals surface area (Å²) in [5.41, 5.74) is 2.52. The lowest BCUT2D eigenvalue weighted by Crippen LogP contribution is -2.49. The van der Waals surface area contributed by atoms with Gasteiger partial charge < -0.3 is 15.0 Å². The molecule has 2 atom stereocenters. The van der Waals surface area contributed by atoms with E-state index in [1.165, 1.54) is 6.92 Å².